The molecule has 0 bridgehead atoms. The van der Waals surface area contributed by atoms with Crippen molar-refractivity contribution in [2.24, 2.45) is 0 Å². The van der Waals surface area contributed by atoms with Crippen LogP contribution >= 0.6 is 0 Å². The number of hydrogen-bond acceptors (Lipinski definition) is 2. The van der Waals surface area contributed by atoms with E-state index in [4.69, 9.17) is 0 Å². The highest BCUT2D eigenvalue weighted by Crippen LogP contribution is 2.14. The van der Waals surface area contributed by atoms with Crippen LogP contribution in [-0.2, 0) is 13.1 Å². The summed E-state index contributed by atoms with van der Waals surface area (Å²) in [5.41, 5.74) is 4.45. The van der Waals surface area contributed by atoms with E-state index in [1.807, 2.05) is 0 Å². The van der Waals surface area contributed by atoms with Gasteiger partial charge in [0.2, 0.25) is 0 Å². The number of nitrogens with zero attached hydrogens (tertiary/aromatic N) is 1. The molecule has 0 amide bonds. The summed E-state index contributed by atoms with van der Waals surface area (Å²) >= 11 is 0. The summed E-state index contributed by atoms with van der Waals surface area (Å²) in [6.07, 6.45) is 3.55. The van der Waals surface area contributed by atoms with Gasteiger partial charge in [-0.15, -0.1) is 0 Å². The van der Waals surface area contributed by atoms with Gasteiger partial charge in [-0.05, 0) is 45.2 Å². The quantitative estimate of drug-likeness (QED) is 0.840. The van der Waals surface area contributed by atoms with Gasteiger partial charge in [0, 0.05) is 31.7 Å². The van der Waals surface area contributed by atoms with E-state index >= 15 is 0 Å². The van der Waals surface area contributed by atoms with Gasteiger partial charge in [0.1, 0.15) is 0 Å². The number of nitrogens with one attached hydrogen (secondary N) is 1. The highest BCUT2D eigenvalue weighted by atomic mass is 15.1. The number of rotatable bonds is 4. The van der Waals surface area contributed by atoms with Crippen LogP contribution in [-0.4, -0.2) is 23.5 Å². The summed E-state index contributed by atoms with van der Waals surface area (Å²) in [7, 11) is 0. The van der Waals surface area contributed by atoms with E-state index in [9.17, 15) is 0 Å². The smallest absolute Gasteiger partial charge is 0.0237 e. The molecule has 0 fully saturated rings. The first-order valence-corrected chi connectivity index (χ1v) is 7.63. The van der Waals surface area contributed by atoms with Gasteiger partial charge in [0.05, 0.1) is 0 Å². The molecule has 1 heterocycles. The Morgan fingerprint density at radius 3 is 2.35 bits per heavy atom. The summed E-state index contributed by atoms with van der Waals surface area (Å²) in [6, 6.07) is 9.04. The maximum Gasteiger partial charge on any atom is 0.0237 e. The lowest BCUT2D eigenvalue weighted by Gasteiger charge is -2.26. The Kier molecular flexibility index (Phi) is 5.00. The fraction of sp³-hybridized carbons (Fsp3) is 0.556. The lowest BCUT2D eigenvalue weighted by molar-refractivity contribution is 0.282. The standard InChI is InChI=1S/C18H28N2/c1-15-6-5-11-20(13-15)14-17-9-7-16(8-10-17)12-19-18(2,3)4/h6-10,19H,5,11-14H2,1-4H3. The van der Waals surface area contributed by atoms with Gasteiger partial charge in [-0.25, -0.2) is 0 Å². The molecule has 2 rings (SSSR count). The molecule has 0 unspecified atom stereocenters. The van der Waals surface area contributed by atoms with Crippen molar-refractivity contribution >= 4 is 0 Å². The fourth-order valence-corrected chi connectivity index (χ4v) is 2.51. The molecule has 2 nitrogen and oxygen atoms in total. The van der Waals surface area contributed by atoms with E-state index in [-0.39, 0.29) is 5.54 Å². The molecular formula is C18H28N2. The van der Waals surface area contributed by atoms with Crippen molar-refractivity contribution in [2.45, 2.75) is 52.7 Å². The molecule has 2 heteroatoms. The van der Waals surface area contributed by atoms with Crippen LogP contribution in [0.4, 0.5) is 0 Å². The number of hydrogen-bond donors (Lipinski definition) is 1. The highest BCUT2D eigenvalue weighted by Gasteiger charge is 2.11. The second kappa shape index (κ2) is 6.55. The first-order valence-electron chi connectivity index (χ1n) is 7.63. The van der Waals surface area contributed by atoms with Crippen LogP contribution in [0.3, 0.4) is 0 Å². The normalized spacial score (nSPS) is 17.1. The third kappa shape index (κ3) is 5.10. The van der Waals surface area contributed by atoms with Gasteiger partial charge in [0.15, 0.2) is 0 Å². The Balaban J connectivity index is 1.87. The first-order chi connectivity index (χ1) is 9.42. The molecular weight excluding hydrogens is 244 g/mol. The molecule has 1 aromatic carbocycles. The zero-order valence-electron chi connectivity index (χ0n) is 13.4. The molecule has 0 spiro atoms. The Morgan fingerprint density at radius 1 is 1.10 bits per heavy atom. The lowest BCUT2D eigenvalue weighted by Crippen LogP contribution is -2.35. The van der Waals surface area contributed by atoms with Crippen LogP contribution in [0.2, 0.25) is 0 Å². The molecule has 1 aliphatic heterocycles. The SMILES string of the molecule is CC1=CCCN(Cc2ccc(CNC(C)(C)C)cc2)C1. The van der Waals surface area contributed by atoms with Crippen LogP contribution in [0.25, 0.3) is 0 Å². The minimum Gasteiger partial charge on any atom is -0.308 e. The van der Waals surface area contributed by atoms with Crippen molar-refractivity contribution in [2.75, 3.05) is 13.1 Å². The maximum absolute atomic E-state index is 3.53. The van der Waals surface area contributed by atoms with E-state index in [1.165, 1.54) is 29.7 Å². The number of benzene rings is 1. The lowest BCUT2D eigenvalue weighted by atomic mass is 10.1. The van der Waals surface area contributed by atoms with Crippen molar-refractivity contribution in [1.29, 1.82) is 0 Å². The minimum absolute atomic E-state index is 0.177. The predicted octanol–water partition coefficient (Wildman–Crippen LogP) is 3.73. The fourth-order valence-electron chi connectivity index (χ4n) is 2.51. The summed E-state index contributed by atoms with van der Waals surface area (Å²) in [4.78, 5) is 2.53. The van der Waals surface area contributed by atoms with Gasteiger partial charge in [0.25, 0.3) is 0 Å². The summed E-state index contributed by atoms with van der Waals surface area (Å²) in [5, 5.41) is 3.53. The van der Waals surface area contributed by atoms with Crippen LogP contribution in [0.15, 0.2) is 35.9 Å². The van der Waals surface area contributed by atoms with Gasteiger partial charge in [-0.3, -0.25) is 4.90 Å². The molecule has 20 heavy (non-hydrogen) atoms. The molecule has 1 aromatic rings. The Labute approximate surface area is 123 Å². The van der Waals surface area contributed by atoms with Crippen LogP contribution in [0.5, 0.6) is 0 Å². The average Bonchev–Trinajstić information content (AvgIpc) is 2.37. The van der Waals surface area contributed by atoms with E-state index < -0.39 is 0 Å². The van der Waals surface area contributed by atoms with Crippen molar-refractivity contribution in [3.8, 4) is 0 Å². The van der Waals surface area contributed by atoms with Gasteiger partial charge < -0.3 is 5.32 Å². The zero-order chi connectivity index (χ0) is 14.6. The third-order valence-corrected chi connectivity index (χ3v) is 3.66. The molecule has 0 atom stereocenters. The van der Waals surface area contributed by atoms with Gasteiger partial charge in [-0.1, -0.05) is 35.9 Å². The van der Waals surface area contributed by atoms with Crippen LogP contribution < -0.4 is 5.32 Å². The Bertz CT molecular complexity index is 451. The first kappa shape index (κ1) is 15.3. The molecule has 0 saturated carbocycles. The van der Waals surface area contributed by atoms with Gasteiger partial charge in [-0.2, -0.15) is 0 Å². The maximum atomic E-state index is 3.53. The second-order valence-electron chi connectivity index (χ2n) is 6.97. The largest absolute Gasteiger partial charge is 0.308 e. The predicted molar refractivity (Wildman–Crippen MR) is 86.7 cm³/mol. The molecule has 1 aliphatic rings. The Hall–Kier alpha value is -1.12. The molecule has 0 aromatic heterocycles. The monoisotopic (exact) mass is 272 g/mol. The average molecular weight is 272 g/mol. The van der Waals surface area contributed by atoms with Crippen LogP contribution in [0.1, 0.15) is 45.2 Å². The van der Waals surface area contributed by atoms with E-state index in [1.54, 1.807) is 0 Å². The highest BCUT2D eigenvalue weighted by molar-refractivity contribution is 5.23. The third-order valence-electron chi connectivity index (χ3n) is 3.66. The molecule has 0 aliphatic carbocycles. The molecule has 110 valence electrons. The van der Waals surface area contributed by atoms with E-state index in [0.29, 0.717) is 0 Å². The second-order valence-corrected chi connectivity index (χ2v) is 6.97. The topological polar surface area (TPSA) is 15.3 Å². The van der Waals surface area contributed by atoms with Crippen molar-refractivity contribution in [1.82, 2.24) is 10.2 Å². The molecule has 0 saturated heterocycles. The summed E-state index contributed by atoms with van der Waals surface area (Å²) in [6.45, 7) is 13.1. The van der Waals surface area contributed by atoms with Crippen molar-refractivity contribution in [3.05, 3.63) is 47.0 Å². The minimum atomic E-state index is 0.177. The van der Waals surface area contributed by atoms with Crippen molar-refractivity contribution in [3.63, 3.8) is 0 Å². The Morgan fingerprint density at radius 2 is 1.75 bits per heavy atom. The van der Waals surface area contributed by atoms with E-state index in [2.05, 4.69) is 68.3 Å². The van der Waals surface area contributed by atoms with Crippen LogP contribution in [0, 0.1) is 0 Å². The molecule has 1 N–H and O–H groups in total. The van der Waals surface area contributed by atoms with Gasteiger partial charge >= 0.3 is 0 Å². The van der Waals surface area contributed by atoms with E-state index in [0.717, 1.165) is 19.6 Å². The molecule has 0 radical (unpaired) electrons. The zero-order valence-corrected chi connectivity index (χ0v) is 13.4. The summed E-state index contributed by atoms with van der Waals surface area (Å²) in [5.74, 6) is 0. The van der Waals surface area contributed by atoms with Crippen molar-refractivity contribution < 1.29 is 0 Å². The summed E-state index contributed by atoms with van der Waals surface area (Å²) < 4.78 is 0.